The molecule has 0 unspecified atom stereocenters. The molecule has 4 heteroatoms. The van der Waals surface area contributed by atoms with Gasteiger partial charge in [0, 0.05) is 0 Å². The Bertz CT molecular complexity index is 107. The highest BCUT2D eigenvalue weighted by atomic mass is 28.4. The number of hydrogen-bond acceptors (Lipinski definition) is 3. The maximum Gasteiger partial charge on any atom is 0.215 e. The fourth-order valence-corrected chi connectivity index (χ4v) is 1.56. The van der Waals surface area contributed by atoms with E-state index >= 15 is 0 Å². The van der Waals surface area contributed by atoms with Gasteiger partial charge in [-0.3, -0.25) is 4.84 Å². The number of rotatable bonds is 2. The molecule has 0 aromatic rings. The van der Waals surface area contributed by atoms with Gasteiger partial charge in [-0.25, -0.2) is 0 Å². The second-order valence-corrected chi connectivity index (χ2v) is 7.85. The standard InChI is InChI=1S/C6H15NO2Si/c1-10(2,3)9-7-5-4-6-8-7/h4-6H2,1-3H3. The van der Waals surface area contributed by atoms with Crippen LogP contribution in [0.3, 0.4) is 0 Å². The first kappa shape index (κ1) is 8.20. The summed E-state index contributed by atoms with van der Waals surface area (Å²) in [4.78, 5) is 5.17. The topological polar surface area (TPSA) is 21.7 Å². The molecule has 60 valence electrons. The van der Waals surface area contributed by atoms with Crippen molar-refractivity contribution in [1.29, 1.82) is 0 Å². The van der Waals surface area contributed by atoms with E-state index in [-0.39, 0.29) is 0 Å². The highest BCUT2D eigenvalue weighted by molar-refractivity contribution is 6.69. The molecule has 1 aliphatic heterocycles. The number of hydroxylamine groups is 2. The van der Waals surface area contributed by atoms with E-state index in [4.69, 9.17) is 9.36 Å². The number of hydrogen-bond donors (Lipinski definition) is 0. The van der Waals surface area contributed by atoms with Crippen LogP contribution in [0.1, 0.15) is 6.42 Å². The Balaban J connectivity index is 2.24. The normalized spacial score (nSPS) is 21.9. The Hall–Kier alpha value is 0.0969. The maximum absolute atomic E-state index is 5.55. The van der Waals surface area contributed by atoms with Gasteiger partial charge in [-0.2, -0.15) is 0 Å². The molecule has 0 aliphatic carbocycles. The molecule has 0 spiro atoms. The van der Waals surface area contributed by atoms with Crippen molar-refractivity contribution in [1.82, 2.24) is 5.23 Å². The van der Waals surface area contributed by atoms with Crippen LogP contribution in [0.25, 0.3) is 0 Å². The van der Waals surface area contributed by atoms with Crippen LogP contribution in [0, 0.1) is 0 Å². The predicted octanol–water partition coefficient (Wildman–Crippen LogP) is 1.39. The van der Waals surface area contributed by atoms with E-state index in [1.165, 1.54) is 0 Å². The Labute approximate surface area is 63.0 Å². The molecule has 0 N–H and O–H groups in total. The lowest BCUT2D eigenvalue weighted by Gasteiger charge is -2.23. The highest BCUT2D eigenvalue weighted by Crippen LogP contribution is 2.11. The molecule has 0 amide bonds. The molecule has 0 bridgehead atoms. The van der Waals surface area contributed by atoms with Gasteiger partial charge < -0.3 is 4.53 Å². The van der Waals surface area contributed by atoms with Gasteiger partial charge in [0.1, 0.15) is 0 Å². The van der Waals surface area contributed by atoms with Crippen LogP contribution in [0.4, 0.5) is 0 Å². The molecule has 0 saturated carbocycles. The molecule has 0 atom stereocenters. The third-order valence-corrected chi connectivity index (χ3v) is 1.85. The summed E-state index contributed by atoms with van der Waals surface area (Å²) in [5, 5.41) is 1.63. The van der Waals surface area contributed by atoms with E-state index in [0.717, 1.165) is 19.6 Å². The van der Waals surface area contributed by atoms with Gasteiger partial charge in [-0.15, -0.1) is 0 Å². The minimum absolute atomic E-state index is 0.810. The van der Waals surface area contributed by atoms with E-state index < -0.39 is 8.32 Å². The van der Waals surface area contributed by atoms with Gasteiger partial charge in [0.25, 0.3) is 0 Å². The molecular formula is C6H15NO2Si. The van der Waals surface area contributed by atoms with Crippen LogP contribution >= 0.6 is 0 Å². The van der Waals surface area contributed by atoms with Crippen LogP contribution in [0.2, 0.25) is 19.6 Å². The summed E-state index contributed by atoms with van der Waals surface area (Å²) in [5.74, 6) is 0. The summed E-state index contributed by atoms with van der Waals surface area (Å²) in [6, 6.07) is 0. The van der Waals surface area contributed by atoms with Crippen molar-refractivity contribution in [3.8, 4) is 0 Å². The van der Waals surface area contributed by atoms with Gasteiger partial charge in [-0.1, -0.05) is 5.23 Å². The summed E-state index contributed by atoms with van der Waals surface area (Å²) in [6.45, 7) is 8.17. The molecule has 0 radical (unpaired) electrons. The summed E-state index contributed by atoms with van der Waals surface area (Å²) >= 11 is 0. The lowest BCUT2D eigenvalue weighted by atomic mass is 10.5. The first-order valence-corrected chi connectivity index (χ1v) is 7.08. The average Bonchev–Trinajstić information content (AvgIpc) is 2.12. The summed E-state index contributed by atoms with van der Waals surface area (Å²) < 4.78 is 5.55. The van der Waals surface area contributed by atoms with E-state index in [2.05, 4.69) is 19.6 Å². The van der Waals surface area contributed by atoms with Crippen LogP contribution in [-0.4, -0.2) is 26.7 Å². The third-order valence-electron chi connectivity index (χ3n) is 1.10. The van der Waals surface area contributed by atoms with Crippen LogP contribution in [0.5, 0.6) is 0 Å². The minimum Gasteiger partial charge on any atom is -0.321 e. The fraction of sp³-hybridized carbons (Fsp3) is 1.00. The maximum atomic E-state index is 5.55. The smallest absolute Gasteiger partial charge is 0.215 e. The first-order valence-electron chi connectivity index (χ1n) is 3.67. The predicted molar refractivity (Wildman–Crippen MR) is 41.7 cm³/mol. The first-order chi connectivity index (χ1) is 4.58. The zero-order valence-corrected chi connectivity index (χ0v) is 7.89. The van der Waals surface area contributed by atoms with Crippen molar-refractivity contribution in [3.05, 3.63) is 0 Å². The lowest BCUT2D eigenvalue weighted by molar-refractivity contribution is -0.291. The molecule has 0 aromatic carbocycles. The summed E-state index contributed by atoms with van der Waals surface area (Å²) in [6.07, 6.45) is 1.09. The Morgan fingerprint density at radius 1 is 1.40 bits per heavy atom. The van der Waals surface area contributed by atoms with Gasteiger partial charge in [0.2, 0.25) is 8.32 Å². The van der Waals surface area contributed by atoms with Gasteiger partial charge in [0.15, 0.2) is 0 Å². The zero-order valence-electron chi connectivity index (χ0n) is 6.89. The Morgan fingerprint density at radius 3 is 2.50 bits per heavy atom. The van der Waals surface area contributed by atoms with E-state index in [9.17, 15) is 0 Å². The van der Waals surface area contributed by atoms with Crippen molar-refractivity contribution in [2.75, 3.05) is 13.2 Å². The van der Waals surface area contributed by atoms with Crippen LogP contribution in [-0.2, 0) is 9.36 Å². The molecule has 1 aliphatic rings. The van der Waals surface area contributed by atoms with Gasteiger partial charge >= 0.3 is 0 Å². The second kappa shape index (κ2) is 3.00. The van der Waals surface area contributed by atoms with Crippen molar-refractivity contribution < 1.29 is 9.36 Å². The summed E-state index contributed by atoms with van der Waals surface area (Å²) in [5.41, 5.74) is 0. The van der Waals surface area contributed by atoms with Crippen molar-refractivity contribution >= 4 is 8.32 Å². The molecule has 1 rings (SSSR count). The third kappa shape index (κ3) is 2.79. The quantitative estimate of drug-likeness (QED) is 0.571. The molecule has 0 aromatic heterocycles. The zero-order chi connectivity index (χ0) is 7.61. The van der Waals surface area contributed by atoms with Gasteiger partial charge in [-0.05, 0) is 26.1 Å². The lowest BCUT2D eigenvalue weighted by Crippen LogP contribution is -2.35. The summed E-state index contributed by atoms with van der Waals surface area (Å²) in [7, 11) is -1.42. The Morgan fingerprint density at radius 2 is 2.10 bits per heavy atom. The SMILES string of the molecule is C[Si](C)(C)ON1CCCO1. The molecule has 1 saturated heterocycles. The molecule has 1 fully saturated rings. The monoisotopic (exact) mass is 161 g/mol. The van der Waals surface area contributed by atoms with Crippen molar-refractivity contribution in [2.45, 2.75) is 26.1 Å². The highest BCUT2D eigenvalue weighted by Gasteiger charge is 2.22. The number of nitrogens with zero attached hydrogens (tertiary/aromatic N) is 1. The van der Waals surface area contributed by atoms with E-state index in [1.54, 1.807) is 5.23 Å². The van der Waals surface area contributed by atoms with Crippen molar-refractivity contribution in [3.63, 3.8) is 0 Å². The van der Waals surface area contributed by atoms with E-state index in [1.807, 2.05) is 0 Å². The van der Waals surface area contributed by atoms with Crippen LogP contribution < -0.4 is 0 Å². The average molecular weight is 161 g/mol. The molecule has 1 heterocycles. The Kier molecular flexibility index (Phi) is 2.46. The molecule has 10 heavy (non-hydrogen) atoms. The van der Waals surface area contributed by atoms with Crippen molar-refractivity contribution in [2.24, 2.45) is 0 Å². The fourth-order valence-electron chi connectivity index (χ4n) is 0.802. The molecular weight excluding hydrogens is 146 g/mol. The van der Waals surface area contributed by atoms with Crippen LogP contribution in [0.15, 0.2) is 0 Å². The largest absolute Gasteiger partial charge is 0.321 e. The minimum atomic E-state index is -1.42. The second-order valence-electron chi connectivity index (χ2n) is 3.45. The van der Waals surface area contributed by atoms with E-state index in [0.29, 0.717) is 0 Å². The molecule has 3 nitrogen and oxygen atoms in total. The van der Waals surface area contributed by atoms with Gasteiger partial charge in [0.05, 0.1) is 13.2 Å².